The predicted octanol–water partition coefficient (Wildman–Crippen LogP) is 7.26. The highest BCUT2D eigenvalue weighted by molar-refractivity contribution is 5.46. The molecule has 3 heteroatoms. The van der Waals surface area contributed by atoms with Crippen molar-refractivity contribution in [3.05, 3.63) is 126 Å². The van der Waals surface area contributed by atoms with Gasteiger partial charge in [-0.25, -0.2) is 0 Å². The summed E-state index contributed by atoms with van der Waals surface area (Å²) < 4.78 is 11.8. The van der Waals surface area contributed by atoms with Gasteiger partial charge in [-0.15, -0.1) is 0 Å². The van der Waals surface area contributed by atoms with Gasteiger partial charge in [0, 0.05) is 18.3 Å². The first kappa shape index (κ1) is 23.6. The zero-order valence-electron chi connectivity index (χ0n) is 19.9. The fraction of sp³-hybridized carbons (Fsp3) is 0.258. The number of aromatic nitrogens is 1. The van der Waals surface area contributed by atoms with E-state index in [1.165, 1.54) is 28.7 Å². The van der Waals surface area contributed by atoms with Gasteiger partial charge in [-0.2, -0.15) is 0 Å². The van der Waals surface area contributed by atoms with Crippen molar-refractivity contribution in [2.24, 2.45) is 0 Å². The van der Waals surface area contributed by atoms with Gasteiger partial charge < -0.3 is 9.47 Å². The highest BCUT2D eigenvalue weighted by Crippen LogP contribution is 2.35. The van der Waals surface area contributed by atoms with Crippen LogP contribution in [0.25, 0.3) is 0 Å². The van der Waals surface area contributed by atoms with Crippen LogP contribution in [0.1, 0.15) is 47.4 Å². The molecule has 0 aliphatic rings. The smallest absolute Gasteiger partial charge is 0.161 e. The maximum atomic E-state index is 6.22. The van der Waals surface area contributed by atoms with Crippen LogP contribution < -0.4 is 9.47 Å². The normalized spacial score (nSPS) is 11.7. The number of nitrogens with zero attached hydrogens (tertiary/aromatic N) is 1. The molecular weight excluding hydrogens is 418 g/mol. The second-order valence-corrected chi connectivity index (χ2v) is 8.58. The second kappa shape index (κ2) is 12.6. The summed E-state index contributed by atoms with van der Waals surface area (Å²) in [6.45, 7) is 0.689. The van der Waals surface area contributed by atoms with Crippen LogP contribution in [0.15, 0.2) is 103 Å². The third-order valence-electron chi connectivity index (χ3n) is 6.19. The van der Waals surface area contributed by atoms with E-state index < -0.39 is 0 Å². The van der Waals surface area contributed by atoms with Crippen molar-refractivity contribution in [2.45, 2.75) is 38.0 Å². The maximum Gasteiger partial charge on any atom is 0.161 e. The fourth-order valence-electron chi connectivity index (χ4n) is 4.33. The third-order valence-corrected chi connectivity index (χ3v) is 6.19. The Morgan fingerprint density at radius 1 is 0.676 bits per heavy atom. The lowest BCUT2D eigenvalue weighted by atomic mass is 9.86. The van der Waals surface area contributed by atoms with Crippen LogP contribution in [0.2, 0.25) is 0 Å². The molecule has 0 aliphatic carbocycles. The standard InChI is InChI=1S/C31H33NO2/c1-33-30-17-16-28(24-31(30)34-22-10-4-7-13-25-11-5-2-6-12-25)29(27-14-8-3-9-15-27)23-26-18-20-32-21-19-26/h2-3,5-6,8-9,11-12,14-21,24,29H,4,7,10,13,22-23H2,1H3. The Bertz CT molecular complexity index is 1110. The first-order chi connectivity index (χ1) is 16.8. The summed E-state index contributed by atoms with van der Waals surface area (Å²) in [5.74, 6) is 1.82. The van der Waals surface area contributed by atoms with Gasteiger partial charge in [-0.3, -0.25) is 4.98 Å². The van der Waals surface area contributed by atoms with Gasteiger partial charge in [0.1, 0.15) is 0 Å². The second-order valence-electron chi connectivity index (χ2n) is 8.58. The van der Waals surface area contributed by atoms with Crippen molar-refractivity contribution in [3.63, 3.8) is 0 Å². The quantitative estimate of drug-likeness (QED) is 0.212. The number of pyridine rings is 1. The van der Waals surface area contributed by atoms with Crippen LogP contribution in [0, 0.1) is 0 Å². The zero-order chi connectivity index (χ0) is 23.4. The molecule has 0 radical (unpaired) electrons. The van der Waals surface area contributed by atoms with Crippen molar-refractivity contribution in [3.8, 4) is 11.5 Å². The predicted molar refractivity (Wildman–Crippen MR) is 139 cm³/mol. The average Bonchev–Trinajstić information content (AvgIpc) is 2.91. The van der Waals surface area contributed by atoms with E-state index in [-0.39, 0.29) is 5.92 Å². The van der Waals surface area contributed by atoms with E-state index in [9.17, 15) is 0 Å². The molecule has 1 heterocycles. The Hall–Kier alpha value is -3.59. The first-order valence-electron chi connectivity index (χ1n) is 12.1. The van der Waals surface area contributed by atoms with Crippen molar-refractivity contribution in [2.75, 3.05) is 13.7 Å². The Kier molecular flexibility index (Phi) is 8.73. The lowest BCUT2D eigenvalue weighted by Gasteiger charge is -2.20. The number of benzene rings is 3. The van der Waals surface area contributed by atoms with Crippen LogP contribution in [0.3, 0.4) is 0 Å². The van der Waals surface area contributed by atoms with E-state index in [4.69, 9.17) is 9.47 Å². The molecule has 34 heavy (non-hydrogen) atoms. The first-order valence-corrected chi connectivity index (χ1v) is 12.1. The number of methoxy groups -OCH3 is 1. The molecule has 4 aromatic rings. The Morgan fingerprint density at radius 3 is 2.15 bits per heavy atom. The van der Waals surface area contributed by atoms with E-state index in [1.54, 1.807) is 7.11 Å². The average molecular weight is 452 g/mol. The molecule has 0 N–H and O–H groups in total. The number of aryl methyl sites for hydroxylation is 1. The van der Waals surface area contributed by atoms with Crippen LogP contribution in [-0.2, 0) is 12.8 Å². The molecule has 0 saturated carbocycles. The summed E-state index contributed by atoms with van der Waals surface area (Å²) in [4.78, 5) is 4.17. The lowest BCUT2D eigenvalue weighted by molar-refractivity contribution is 0.285. The number of hydrogen-bond donors (Lipinski definition) is 0. The molecule has 174 valence electrons. The van der Waals surface area contributed by atoms with Gasteiger partial charge in [0.15, 0.2) is 11.5 Å². The summed E-state index contributed by atoms with van der Waals surface area (Å²) in [6, 6.07) is 31.9. The van der Waals surface area contributed by atoms with Crippen molar-refractivity contribution < 1.29 is 9.47 Å². The van der Waals surface area contributed by atoms with Gasteiger partial charge in [-0.05, 0) is 78.6 Å². The number of rotatable bonds is 12. The summed E-state index contributed by atoms with van der Waals surface area (Å²) in [6.07, 6.45) is 9.08. The van der Waals surface area contributed by atoms with E-state index >= 15 is 0 Å². The van der Waals surface area contributed by atoms with Gasteiger partial charge in [-0.1, -0.05) is 66.7 Å². The summed E-state index contributed by atoms with van der Waals surface area (Å²) in [5, 5.41) is 0. The number of ether oxygens (including phenoxy) is 2. The monoisotopic (exact) mass is 451 g/mol. The summed E-state index contributed by atoms with van der Waals surface area (Å²) >= 11 is 0. The minimum absolute atomic E-state index is 0.225. The third kappa shape index (κ3) is 6.71. The van der Waals surface area contributed by atoms with Gasteiger partial charge in [0.05, 0.1) is 13.7 Å². The molecule has 1 aromatic heterocycles. The van der Waals surface area contributed by atoms with E-state index in [1.807, 2.05) is 18.5 Å². The van der Waals surface area contributed by atoms with E-state index in [0.29, 0.717) is 6.61 Å². The van der Waals surface area contributed by atoms with Crippen molar-refractivity contribution in [1.29, 1.82) is 0 Å². The Labute approximate surface area is 203 Å². The van der Waals surface area contributed by atoms with Crippen LogP contribution in [-0.4, -0.2) is 18.7 Å². The molecule has 0 bridgehead atoms. The minimum atomic E-state index is 0.225. The molecular formula is C31H33NO2. The van der Waals surface area contributed by atoms with Crippen LogP contribution >= 0.6 is 0 Å². The van der Waals surface area contributed by atoms with Crippen molar-refractivity contribution in [1.82, 2.24) is 4.98 Å². The molecule has 4 rings (SSSR count). The minimum Gasteiger partial charge on any atom is -0.493 e. The van der Waals surface area contributed by atoms with E-state index in [2.05, 4.69) is 89.9 Å². The molecule has 1 atom stereocenters. The highest BCUT2D eigenvalue weighted by atomic mass is 16.5. The van der Waals surface area contributed by atoms with E-state index in [0.717, 1.165) is 37.2 Å². The summed E-state index contributed by atoms with van der Waals surface area (Å²) in [5.41, 5.74) is 5.18. The largest absolute Gasteiger partial charge is 0.493 e. The molecule has 3 aromatic carbocycles. The molecule has 3 nitrogen and oxygen atoms in total. The molecule has 0 amide bonds. The van der Waals surface area contributed by atoms with Crippen molar-refractivity contribution >= 4 is 0 Å². The lowest BCUT2D eigenvalue weighted by Crippen LogP contribution is -2.07. The molecule has 0 fully saturated rings. The Morgan fingerprint density at radius 2 is 1.41 bits per heavy atom. The van der Waals surface area contributed by atoms with Gasteiger partial charge in [0.25, 0.3) is 0 Å². The summed E-state index contributed by atoms with van der Waals surface area (Å²) in [7, 11) is 1.70. The van der Waals surface area contributed by atoms with Gasteiger partial charge >= 0.3 is 0 Å². The highest BCUT2D eigenvalue weighted by Gasteiger charge is 2.17. The maximum absolute atomic E-state index is 6.22. The Balaban J connectivity index is 1.42. The number of unbranched alkanes of at least 4 members (excludes halogenated alkanes) is 2. The SMILES string of the molecule is COc1ccc(C(Cc2ccncc2)c2ccccc2)cc1OCCCCCc1ccccc1. The topological polar surface area (TPSA) is 31.4 Å². The molecule has 1 unspecified atom stereocenters. The van der Waals surface area contributed by atoms with Crippen LogP contribution in [0.5, 0.6) is 11.5 Å². The molecule has 0 aliphatic heterocycles. The number of hydrogen-bond acceptors (Lipinski definition) is 3. The zero-order valence-corrected chi connectivity index (χ0v) is 19.9. The van der Waals surface area contributed by atoms with Crippen LogP contribution in [0.4, 0.5) is 0 Å². The molecule has 0 spiro atoms. The van der Waals surface area contributed by atoms with Gasteiger partial charge in [0.2, 0.25) is 0 Å². The molecule has 0 saturated heterocycles. The fourth-order valence-corrected chi connectivity index (χ4v) is 4.33.